The number of carbonyl (C=O) groups excluding carboxylic acids is 2. The number of anilines is 1. The summed E-state index contributed by atoms with van der Waals surface area (Å²) in [6.07, 6.45) is 4.74. The predicted molar refractivity (Wildman–Crippen MR) is 142 cm³/mol. The molecule has 0 aromatic heterocycles. The highest BCUT2D eigenvalue weighted by Gasteiger charge is 2.32. The van der Waals surface area contributed by atoms with Gasteiger partial charge in [0, 0.05) is 46.7 Å². The lowest BCUT2D eigenvalue weighted by Crippen LogP contribution is -2.51. The Balaban J connectivity index is 1.29. The van der Waals surface area contributed by atoms with E-state index in [-0.39, 0.29) is 29.6 Å². The molecule has 3 heterocycles. The molecule has 1 fully saturated rings. The van der Waals surface area contributed by atoms with Gasteiger partial charge in [-0.15, -0.1) is 0 Å². The topological polar surface area (TPSA) is 97.5 Å². The molecular weight excluding hydrogens is 509 g/mol. The average Bonchev–Trinajstić information content (AvgIpc) is 3.34. The molecule has 1 saturated heterocycles. The van der Waals surface area contributed by atoms with Gasteiger partial charge >= 0.3 is 6.03 Å². The number of carbonyl (C=O) groups is 2. The zero-order chi connectivity index (χ0) is 27.4. The second-order valence-electron chi connectivity index (χ2n) is 9.77. The molecular formula is C28H31F3N6O2. The first kappa shape index (κ1) is 26.8. The van der Waals surface area contributed by atoms with Crippen molar-refractivity contribution in [3.8, 4) is 0 Å². The first-order valence-corrected chi connectivity index (χ1v) is 13.1. The van der Waals surface area contributed by atoms with Crippen LogP contribution in [0.3, 0.4) is 0 Å². The highest BCUT2D eigenvalue weighted by Crippen LogP contribution is 2.30. The van der Waals surface area contributed by atoms with Crippen molar-refractivity contribution in [2.75, 3.05) is 31.2 Å². The van der Waals surface area contributed by atoms with E-state index < -0.39 is 30.5 Å². The minimum absolute atomic E-state index is 0.0658. The number of halogens is 3. The maximum atomic E-state index is 15.1. The Bertz CT molecular complexity index is 1310. The van der Waals surface area contributed by atoms with Gasteiger partial charge in [0.05, 0.1) is 12.4 Å². The van der Waals surface area contributed by atoms with Crippen LogP contribution in [0.25, 0.3) is 5.70 Å². The highest BCUT2D eigenvalue weighted by atomic mass is 19.1. The van der Waals surface area contributed by atoms with Gasteiger partial charge in [0.2, 0.25) is 0 Å². The number of hydrogen-bond donors (Lipinski definition) is 5. The minimum Gasteiger partial charge on any atom is -0.361 e. The lowest BCUT2D eigenvalue weighted by molar-refractivity contribution is 0.0929. The molecule has 3 aliphatic rings. The van der Waals surface area contributed by atoms with Crippen molar-refractivity contribution in [2.24, 2.45) is 0 Å². The first-order chi connectivity index (χ1) is 18.9. The number of urea groups is 1. The number of hydrogen-bond acceptors (Lipinski definition) is 5. The van der Waals surface area contributed by atoms with Gasteiger partial charge in [-0.1, -0.05) is 6.07 Å². The standard InChI is InChI=1S/C28H31F3N6O2/c29-8-1-9-33-15-18-2-4-21(14-23(18)30)37-16-19-13-25(35-26(19)36-28(37)39)22-5-3-17(12-24(22)31)27(38)34-20-6-10-32-11-7-20/h2-5,12-14,16,20,26,32-33,35H,1,6-11,15H2,(H,34,38)(H,36,39). The largest absolute Gasteiger partial charge is 0.361 e. The van der Waals surface area contributed by atoms with Crippen molar-refractivity contribution in [1.29, 1.82) is 0 Å². The van der Waals surface area contributed by atoms with Crippen molar-refractivity contribution >= 4 is 23.3 Å². The van der Waals surface area contributed by atoms with Crippen LogP contribution in [0.4, 0.5) is 23.7 Å². The average molecular weight is 541 g/mol. The van der Waals surface area contributed by atoms with Gasteiger partial charge in [-0.2, -0.15) is 0 Å². The molecule has 206 valence electrons. The zero-order valence-electron chi connectivity index (χ0n) is 21.3. The minimum atomic E-state index is -0.574. The molecule has 39 heavy (non-hydrogen) atoms. The van der Waals surface area contributed by atoms with E-state index in [1.54, 1.807) is 36.5 Å². The molecule has 5 rings (SSSR count). The van der Waals surface area contributed by atoms with Crippen LogP contribution in [0.5, 0.6) is 0 Å². The van der Waals surface area contributed by atoms with Crippen LogP contribution in [0.2, 0.25) is 0 Å². The van der Waals surface area contributed by atoms with Gasteiger partial charge in [0.25, 0.3) is 5.91 Å². The molecule has 2 aromatic carbocycles. The number of benzene rings is 2. The molecule has 11 heteroatoms. The molecule has 0 saturated carbocycles. The van der Waals surface area contributed by atoms with E-state index in [9.17, 15) is 18.4 Å². The van der Waals surface area contributed by atoms with E-state index in [4.69, 9.17) is 0 Å². The first-order valence-electron chi connectivity index (χ1n) is 13.1. The van der Waals surface area contributed by atoms with Crippen LogP contribution in [-0.2, 0) is 6.54 Å². The third-order valence-electron chi connectivity index (χ3n) is 7.02. The lowest BCUT2D eigenvalue weighted by Gasteiger charge is -2.29. The van der Waals surface area contributed by atoms with E-state index in [1.165, 1.54) is 17.0 Å². The van der Waals surface area contributed by atoms with Crippen molar-refractivity contribution in [2.45, 2.75) is 38.0 Å². The summed E-state index contributed by atoms with van der Waals surface area (Å²) < 4.78 is 42.0. The molecule has 8 nitrogen and oxygen atoms in total. The molecule has 5 N–H and O–H groups in total. The zero-order valence-corrected chi connectivity index (χ0v) is 21.3. The molecule has 0 aliphatic carbocycles. The van der Waals surface area contributed by atoms with Crippen LogP contribution in [0.15, 0.2) is 54.2 Å². The Kier molecular flexibility index (Phi) is 8.18. The molecule has 3 aliphatic heterocycles. The third-order valence-corrected chi connectivity index (χ3v) is 7.02. The second-order valence-corrected chi connectivity index (χ2v) is 9.77. The number of nitrogens with zero attached hydrogens (tertiary/aromatic N) is 1. The highest BCUT2D eigenvalue weighted by molar-refractivity contribution is 5.97. The van der Waals surface area contributed by atoms with Crippen LogP contribution in [0.1, 0.15) is 40.7 Å². The van der Waals surface area contributed by atoms with Gasteiger partial charge in [-0.3, -0.25) is 14.1 Å². The Morgan fingerprint density at radius 2 is 1.87 bits per heavy atom. The van der Waals surface area contributed by atoms with Crippen molar-refractivity contribution in [3.63, 3.8) is 0 Å². The summed E-state index contributed by atoms with van der Waals surface area (Å²) in [4.78, 5) is 26.7. The normalized spacial score (nSPS) is 19.1. The number of nitrogens with one attached hydrogen (secondary N) is 5. The summed E-state index contributed by atoms with van der Waals surface area (Å²) in [6.45, 7) is 1.93. The molecule has 0 spiro atoms. The van der Waals surface area contributed by atoms with Crippen LogP contribution in [-0.4, -0.2) is 50.5 Å². The summed E-state index contributed by atoms with van der Waals surface area (Å²) in [5.74, 6) is -1.36. The molecule has 3 amide bonds. The fourth-order valence-electron chi connectivity index (χ4n) is 4.86. The summed E-state index contributed by atoms with van der Waals surface area (Å²) >= 11 is 0. The van der Waals surface area contributed by atoms with Crippen LogP contribution in [0, 0.1) is 11.6 Å². The monoisotopic (exact) mass is 540 g/mol. The summed E-state index contributed by atoms with van der Waals surface area (Å²) in [7, 11) is 0. The maximum Gasteiger partial charge on any atom is 0.327 e. The molecule has 2 aromatic rings. The molecule has 1 atom stereocenters. The van der Waals surface area contributed by atoms with Crippen LogP contribution < -0.4 is 31.5 Å². The van der Waals surface area contributed by atoms with Crippen molar-refractivity contribution < 1.29 is 22.8 Å². The maximum absolute atomic E-state index is 15.1. The Morgan fingerprint density at radius 3 is 2.62 bits per heavy atom. The second kappa shape index (κ2) is 11.9. The molecule has 0 bridgehead atoms. The van der Waals surface area contributed by atoms with E-state index in [1.807, 2.05) is 0 Å². The predicted octanol–water partition coefficient (Wildman–Crippen LogP) is 3.28. The van der Waals surface area contributed by atoms with Crippen LogP contribution >= 0.6 is 0 Å². The third kappa shape index (κ3) is 6.10. The van der Waals surface area contributed by atoms with Gasteiger partial charge in [0.1, 0.15) is 17.8 Å². The van der Waals surface area contributed by atoms with Gasteiger partial charge < -0.3 is 26.6 Å². The van der Waals surface area contributed by atoms with E-state index in [0.717, 1.165) is 25.9 Å². The van der Waals surface area contributed by atoms with E-state index in [0.29, 0.717) is 35.5 Å². The number of amides is 3. The number of alkyl halides is 1. The van der Waals surface area contributed by atoms with Gasteiger partial charge in [-0.25, -0.2) is 13.6 Å². The number of piperidine rings is 1. The number of fused-ring (bicyclic) bond motifs is 1. The summed E-state index contributed by atoms with van der Waals surface area (Å²) in [6, 6.07) is 8.41. The Hall–Kier alpha value is -3.83. The van der Waals surface area contributed by atoms with Gasteiger partial charge in [-0.05, 0) is 75.3 Å². The van der Waals surface area contributed by atoms with Gasteiger partial charge in [0.15, 0.2) is 0 Å². The fourth-order valence-corrected chi connectivity index (χ4v) is 4.86. The van der Waals surface area contributed by atoms with Crippen molar-refractivity contribution in [3.05, 3.63) is 82.6 Å². The van der Waals surface area contributed by atoms with E-state index >= 15 is 4.39 Å². The van der Waals surface area contributed by atoms with E-state index in [2.05, 4.69) is 26.6 Å². The Morgan fingerprint density at radius 1 is 1.05 bits per heavy atom. The quantitative estimate of drug-likeness (QED) is 0.315. The number of rotatable bonds is 9. The SMILES string of the molecule is O=C(NC1CCNCC1)c1ccc(C2=CC3=CN(c4ccc(CNCCCF)c(F)c4)C(=O)NC3N2)c(F)c1. The smallest absolute Gasteiger partial charge is 0.327 e. The summed E-state index contributed by atoms with van der Waals surface area (Å²) in [5.41, 5.74) is 2.37. The summed E-state index contributed by atoms with van der Waals surface area (Å²) in [5, 5.41) is 15.1. The van der Waals surface area contributed by atoms with Crippen molar-refractivity contribution in [1.82, 2.24) is 26.6 Å². The Labute approximate surface area is 224 Å². The lowest BCUT2D eigenvalue weighted by atomic mass is 10.0. The molecule has 0 radical (unpaired) electrons. The molecule has 1 unspecified atom stereocenters. The fraction of sp³-hybridized carbons (Fsp3) is 0.357.